The van der Waals surface area contributed by atoms with Gasteiger partial charge in [0.1, 0.15) is 5.82 Å². The smallest absolute Gasteiger partial charge is 0.328 e. The summed E-state index contributed by atoms with van der Waals surface area (Å²) in [7, 11) is 5.78. The predicted molar refractivity (Wildman–Crippen MR) is 74.9 cm³/mol. The molecule has 4 nitrogen and oxygen atoms in total. The highest BCUT2D eigenvalue weighted by Crippen LogP contribution is 2.23. The molecule has 0 spiro atoms. The lowest BCUT2D eigenvalue weighted by atomic mass is 10.1. The SMILES string of the molecule is CN(C)CCN(C)c1cccc(F)c1/C=C/C(=O)O. The van der Waals surface area contributed by atoms with Crippen LogP contribution >= 0.6 is 0 Å². The molecule has 0 atom stereocenters. The molecule has 0 bridgehead atoms. The molecule has 0 aromatic heterocycles. The number of benzene rings is 1. The van der Waals surface area contributed by atoms with Crippen molar-refractivity contribution in [3.8, 4) is 0 Å². The Morgan fingerprint density at radius 3 is 2.58 bits per heavy atom. The van der Waals surface area contributed by atoms with Crippen molar-refractivity contribution in [1.29, 1.82) is 0 Å². The number of halogens is 1. The van der Waals surface area contributed by atoms with Gasteiger partial charge in [-0.15, -0.1) is 0 Å². The molecular weight excluding hydrogens is 247 g/mol. The topological polar surface area (TPSA) is 43.8 Å². The van der Waals surface area contributed by atoms with Crippen LogP contribution in [0.25, 0.3) is 6.08 Å². The van der Waals surface area contributed by atoms with E-state index in [1.165, 1.54) is 12.1 Å². The molecule has 0 unspecified atom stereocenters. The van der Waals surface area contributed by atoms with Crippen molar-refractivity contribution in [2.24, 2.45) is 0 Å². The highest BCUT2D eigenvalue weighted by Gasteiger charge is 2.10. The Morgan fingerprint density at radius 2 is 2.00 bits per heavy atom. The first kappa shape index (κ1) is 15.2. The van der Waals surface area contributed by atoms with Gasteiger partial charge in [0.05, 0.1) is 0 Å². The van der Waals surface area contributed by atoms with Crippen LogP contribution < -0.4 is 4.90 Å². The molecule has 0 heterocycles. The molecule has 1 N–H and O–H groups in total. The summed E-state index contributed by atoms with van der Waals surface area (Å²) in [5.41, 5.74) is 0.977. The molecule has 1 rings (SSSR count). The summed E-state index contributed by atoms with van der Waals surface area (Å²) in [6.07, 6.45) is 2.24. The zero-order valence-electron chi connectivity index (χ0n) is 11.4. The first-order valence-corrected chi connectivity index (χ1v) is 5.97. The third kappa shape index (κ3) is 4.71. The van der Waals surface area contributed by atoms with Crippen molar-refractivity contribution >= 4 is 17.7 Å². The fourth-order valence-corrected chi connectivity index (χ4v) is 1.65. The van der Waals surface area contributed by atoms with Crippen molar-refractivity contribution in [1.82, 2.24) is 4.90 Å². The molecule has 5 heteroatoms. The molecule has 0 aliphatic heterocycles. The van der Waals surface area contributed by atoms with Gasteiger partial charge in [0.2, 0.25) is 0 Å². The Hall–Kier alpha value is -1.88. The normalized spacial score (nSPS) is 11.2. The van der Waals surface area contributed by atoms with Crippen molar-refractivity contribution in [2.75, 3.05) is 39.1 Å². The number of nitrogens with zero attached hydrogens (tertiary/aromatic N) is 2. The molecule has 0 aliphatic carbocycles. The van der Waals surface area contributed by atoms with Crippen LogP contribution in [0.2, 0.25) is 0 Å². The zero-order valence-corrected chi connectivity index (χ0v) is 11.4. The Kier molecular flexibility index (Phi) is 5.51. The van der Waals surface area contributed by atoms with Crippen molar-refractivity contribution in [3.05, 3.63) is 35.7 Å². The second-order valence-corrected chi connectivity index (χ2v) is 4.57. The standard InChI is InChI=1S/C14H19FN2O2/c1-16(2)9-10-17(3)13-6-4-5-12(15)11(13)7-8-14(18)19/h4-8H,9-10H2,1-3H3,(H,18,19)/b8-7+. The number of hydrogen-bond donors (Lipinski definition) is 1. The Bertz CT molecular complexity index is 473. The highest BCUT2D eigenvalue weighted by molar-refractivity contribution is 5.87. The van der Waals surface area contributed by atoms with E-state index in [1.807, 2.05) is 30.9 Å². The first-order chi connectivity index (χ1) is 8.91. The lowest BCUT2D eigenvalue weighted by Gasteiger charge is -2.23. The molecule has 1 aromatic carbocycles. The second-order valence-electron chi connectivity index (χ2n) is 4.57. The number of rotatable bonds is 6. The first-order valence-electron chi connectivity index (χ1n) is 5.97. The number of anilines is 1. The Morgan fingerprint density at radius 1 is 1.32 bits per heavy atom. The minimum atomic E-state index is -1.09. The molecule has 0 amide bonds. The van der Waals surface area contributed by atoms with Gasteiger partial charge in [0.15, 0.2) is 0 Å². The molecule has 0 radical (unpaired) electrons. The van der Waals surface area contributed by atoms with Gasteiger partial charge in [-0.2, -0.15) is 0 Å². The molecule has 104 valence electrons. The van der Waals surface area contributed by atoms with Gasteiger partial charge < -0.3 is 14.9 Å². The van der Waals surface area contributed by atoms with Crippen LogP contribution in [0.5, 0.6) is 0 Å². The Labute approximate surface area is 112 Å². The van der Waals surface area contributed by atoms with Gasteiger partial charge in [-0.3, -0.25) is 0 Å². The van der Waals surface area contributed by atoms with Gasteiger partial charge in [-0.05, 0) is 32.3 Å². The van der Waals surface area contributed by atoms with Crippen LogP contribution in [0.1, 0.15) is 5.56 Å². The molecule has 0 saturated carbocycles. The summed E-state index contributed by atoms with van der Waals surface area (Å²) in [5.74, 6) is -1.52. The van der Waals surface area contributed by atoms with E-state index in [9.17, 15) is 9.18 Å². The number of carbonyl (C=O) groups is 1. The Balaban J connectivity index is 2.99. The van der Waals surface area contributed by atoms with Gasteiger partial charge in [-0.1, -0.05) is 6.07 Å². The van der Waals surface area contributed by atoms with Crippen molar-refractivity contribution in [3.63, 3.8) is 0 Å². The van der Waals surface area contributed by atoms with Crippen molar-refractivity contribution in [2.45, 2.75) is 0 Å². The maximum Gasteiger partial charge on any atom is 0.328 e. The summed E-state index contributed by atoms with van der Waals surface area (Å²) in [6.45, 7) is 1.56. The molecular formula is C14H19FN2O2. The van der Waals surface area contributed by atoms with Crippen LogP contribution in [0.15, 0.2) is 24.3 Å². The van der Waals surface area contributed by atoms with E-state index in [-0.39, 0.29) is 0 Å². The predicted octanol–water partition coefficient (Wildman–Crippen LogP) is 1.92. The van der Waals surface area contributed by atoms with E-state index in [0.717, 1.165) is 19.2 Å². The average molecular weight is 266 g/mol. The summed E-state index contributed by atoms with van der Waals surface area (Å²) >= 11 is 0. The van der Waals surface area contributed by atoms with Gasteiger partial charge in [0.25, 0.3) is 0 Å². The molecule has 0 fully saturated rings. The maximum absolute atomic E-state index is 13.8. The third-order valence-corrected chi connectivity index (χ3v) is 2.72. The lowest BCUT2D eigenvalue weighted by molar-refractivity contribution is -0.131. The van der Waals surface area contributed by atoms with E-state index in [4.69, 9.17) is 5.11 Å². The summed E-state index contributed by atoms with van der Waals surface area (Å²) in [5, 5.41) is 8.64. The number of carboxylic acids is 1. The fraction of sp³-hybridized carbons (Fsp3) is 0.357. The quantitative estimate of drug-likeness (QED) is 0.799. The van der Waals surface area contributed by atoms with Crippen LogP contribution in [0, 0.1) is 5.82 Å². The monoisotopic (exact) mass is 266 g/mol. The number of likely N-dealkylation sites (N-methyl/N-ethyl adjacent to an activating group) is 2. The van der Waals surface area contributed by atoms with E-state index < -0.39 is 11.8 Å². The minimum Gasteiger partial charge on any atom is -0.478 e. The fourth-order valence-electron chi connectivity index (χ4n) is 1.65. The summed E-state index contributed by atoms with van der Waals surface area (Å²) < 4.78 is 13.8. The largest absolute Gasteiger partial charge is 0.478 e. The van der Waals surface area contributed by atoms with E-state index in [1.54, 1.807) is 12.1 Å². The maximum atomic E-state index is 13.8. The van der Waals surface area contributed by atoms with E-state index >= 15 is 0 Å². The summed E-state index contributed by atoms with van der Waals surface area (Å²) in [4.78, 5) is 14.5. The number of hydrogen-bond acceptors (Lipinski definition) is 3. The highest BCUT2D eigenvalue weighted by atomic mass is 19.1. The molecule has 1 aromatic rings. The average Bonchev–Trinajstić information content (AvgIpc) is 2.33. The zero-order chi connectivity index (χ0) is 14.4. The van der Waals surface area contributed by atoms with Gasteiger partial charge in [0, 0.05) is 37.5 Å². The van der Waals surface area contributed by atoms with Gasteiger partial charge >= 0.3 is 5.97 Å². The van der Waals surface area contributed by atoms with Crippen LogP contribution in [-0.4, -0.2) is 50.2 Å². The van der Waals surface area contributed by atoms with E-state index in [2.05, 4.69) is 0 Å². The number of carboxylic acid groups (broad SMARTS) is 1. The third-order valence-electron chi connectivity index (χ3n) is 2.72. The molecule has 0 aliphatic rings. The van der Waals surface area contributed by atoms with Crippen molar-refractivity contribution < 1.29 is 14.3 Å². The van der Waals surface area contributed by atoms with Crippen LogP contribution in [-0.2, 0) is 4.79 Å². The van der Waals surface area contributed by atoms with Crippen LogP contribution in [0.4, 0.5) is 10.1 Å². The molecule has 19 heavy (non-hydrogen) atoms. The number of aliphatic carboxylic acids is 1. The van der Waals surface area contributed by atoms with Crippen LogP contribution in [0.3, 0.4) is 0 Å². The molecule has 0 saturated heterocycles. The summed E-state index contributed by atoms with van der Waals surface area (Å²) in [6, 6.07) is 4.72. The lowest BCUT2D eigenvalue weighted by Crippen LogP contribution is -2.29. The van der Waals surface area contributed by atoms with Gasteiger partial charge in [-0.25, -0.2) is 9.18 Å². The van der Waals surface area contributed by atoms with E-state index in [0.29, 0.717) is 11.3 Å². The minimum absolute atomic E-state index is 0.297. The second kappa shape index (κ2) is 6.89.